The van der Waals surface area contributed by atoms with Crippen molar-refractivity contribution in [3.63, 3.8) is 0 Å². The number of allylic oxidation sites excluding steroid dienone is 2. The van der Waals surface area contributed by atoms with Crippen molar-refractivity contribution < 1.29 is 19.1 Å². The van der Waals surface area contributed by atoms with E-state index in [2.05, 4.69) is 82.9 Å². The maximum atomic E-state index is 12.9. The highest BCUT2D eigenvalue weighted by atomic mass is 35.5. The van der Waals surface area contributed by atoms with E-state index < -0.39 is 11.7 Å². The topological polar surface area (TPSA) is 224 Å². The van der Waals surface area contributed by atoms with Crippen LogP contribution in [0, 0.1) is 0 Å². The summed E-state index contributed by atoms with van der Waals surface area (Å²) in [5.41, 5.74) is 14.1. The Bertz CT molecular complexity index is 3020. The van der Waals surface area contributed by atoms with Gasteiger partial charge in [-0.2, -0.15) is 0 Å². The van der Waals surface area contributed by atoms with Gasteiger partial charge in [-0.1, -0.05) is 83.9 Å². The van der Waals surface area contributed by atoms with E-state index in [1.165, 1.54) is 39.4 Å². The second-order valence-corrected chi connectivity index (χ2v) is 21.4. The number of aromatic nitrogens is 6. The van der Waals surface area contributed by atoms with Gasteiger partial charge in [-0.3, -0.25) is 14.9 Å². The fourth-order valence-electron chi connectivity index (χ4n) is 9.27. The zero-order valence-corrected chi connectivity index (χ0v) is 45.0. The van der Waals surface area contributed by atoms with Crippen LogP contribution in [-0.2, 0) is 17.6 Å². The Morgan fingerprint density at radius 1 is 0.658 bits per heavy atom. The van der Waals surface area contributed by atoms with E-state index in [1.54, 1.807) is 43.9 Å². The molecule has 2 saturated carbocycles. The number of benzene rings is 2. The Morgan fingerprint density at radius 2 is 1.12 bits per heavy atom. The van der Waals surface area contributed by atoms with Gasteiger partial charge in [0.05, 0.1) is 33.8 Å². The first-order chi connectivity index (χ1) is 34.2. The average molecular weight is 1110 g/mol. The van der Waals surface area contributed by atoms with Crippen molar-refractivity contribution >= 4 is 122 Å². The van der Waals surface area contributed by atoms with E-state index in [4.69, 9.17) is 43.6 Å². The number of carbonyl (C=O) groups excluding carboxylic acids is 3. The first-order valence-electron chi connectivity index (χ1n) is 23.7. The summed E-state index contributed by atoms with van der Waals surface area (Å²) in [7, 11) is 0. The second kappa shape index (κ2) is 24.4. The van der Waals surface area contributed by atoms with Crippen LogP contribution < -0.4 is 32.3 Å². The molecular formula is C51H56Cl4N12O4S2. The monoisotopic (exact) mass is 1100 g/mol. The van der Waals surface area contributed by atoms with Crippen molar-refractivity contribution in [2.24, 2.45) is 0 Å². The quantitative estimate of drug-likeness (QED) is 0.0711. The molecule has 4 aliphatic rings. The summed E-state index contributed by atoms with van der Waals surface area (Å²) in [5.74, 6) is 0.624. The number of anilines is 4. The number of nitrogen functional groups attached to an aromatic ring is 1. The lowest BCUT2D eigenvalue weighted by Crippen LogP contribution is -2.42. The number of halogens is 4. The van der Waals surface area contributed by atoms with E-state index in [9.17, 15) is 14.4 Å². The Morgan fingerprint density at radius 3 is 1.60 bits per heavy atom. The molecule has 22 heteroatoms. The second-order valence-electron chi connectivity index (χ2n) is 18.8. The number of ether oxygens (including phenoxy) is 1. The van der Waals surface area contributed by atoms with Crippen molar-refractivity contribution in [1.82, 2.24) is 40.5 Å². The highest BCUT2D eigenvalue weighted by Gasteiger charge is 2.29. The predicted octanol–water partition coefficient (Wildman–Crippen LogP) is 11.2. The molecule has 0 saturated heterocycles. The molecule has 10 rings (SSSR count). The standard InChI is InChI=1S/C28H31ClN6O3S.C23H23ClN6OS.2ClH/c1-28(2,3)38-27(37)35-26-33-22(15-39-26)24(36)31-17-8-6-9-18(13-17)32-25-30-14-21(29)23(34-25)20-12-11-16-7-4-5-10-19(16)20;24-18-11-26-23(30-20(18)17-9-8-13-4-1-2-7-16(13)17)28-15-6-3-5-14(10-15)27-21(31)19-12-32-22(25)29-19;;/h4-5,7,10,12,14-15,17-18H,6,8-9,11,13H2,1-3H3,(H,31,36)(H,30,32,34)(H,33,35,37);1-2,4,7,9,11-12,14-15H,3,5-6,8,10H2,(H2,25,29)(H,27,31)(H,26,28,30);2*1H/t17-,18+;14-,15+;;/m00../s1. The van der Waals surface area contributed by atoms with Gasteiger partial charge in [0.1, 0.15) is 17.0 Å². The number of nitrogens with two attached hydrogens (primary N) is 1. The molecule has 4 aromatic heterocycles. The molecule has 0 spiro atoms. The third-order valence-electron chi connectivity index (χ3n) is 12.5. The minimum absolute atomic E-state index is 0. The summed E-state index contributed by atoms with van der Waals surface area (Å²) < 4.78 is 5.24. The lowest BCUT2D eigenvalue weighted by Gasteiger charge is -2.30. The molecule has 4 atom stereocenters. The first kappa shape index (κ1) is 54.9. The summed E-state index contributed by atoms with van der Waals surface area (Å²) >= 11 is 15.4. The van der Waals surface area contributed by atoms with Crippen molar-refractivity contribution in [3.05, 3.63) is 139 Å². The molecule has 4 heterocycles. The molecule has 0 radical (unpaired) electrons. The maximum absolute atomic E-state index is 12.9. The molecule has 4 aliphatic carbocycles. The molecule has 16 nitrogen and oxygen atoms in total. The van der Waals surface area contributed by atoms with Crippen LogP contribution in [-0.4, -0.2) is 77.6 Å². The van der Waals surface area contributed by atoms with Gasteiger partial charge in [-0.05, 0) is 107 Å². The van der Waals surface area contributed by atoms with Crippen LogP contribution in [0.2, 0.25) is 10.0 Å². The summed E-state index contributed by atoms with van der Waals surface area (Å²) in [6.07, 6.45) is 15.9. The van der Waals surface area contributed by atoms with Gasteiger partial charge in [0.25, 0.3) is 11.8 Å². The maximum Gasteiger partial charge on any atom is 0.413 e. The van der Waals surface area contributed by atoms with Gasteiger partial charge in [0, 0.05) is 46.1 Å². The number of hydrogen-bond acceptors (Lipinski definition) is 15. The minimum atomic E-state index is -0.620. The van der Waals surface area contributed by atoms with Gasteiger partial charge in [-0.25, -0.2) is 34.7 Å². The summed E-state index contributed by atoms with van der Waals surface area (Å²) in [5, 5.41) is 20.7. The zero-order chi connectivity index (χ0) is 49.6. The number of carbonyl (C=O) groups is 3. The highest BCUT2D eigenvalue weighted by Crippen LogP contribution is 2.37. The fraction of sp³-hybridized carbons (Fsp3) is 0.353. The molecule has 0 unspecified atom stereocenters. The number of nitrogens with zero attached hydrogens (tertiary/aromatic N) is 6. The van der Waals surface area contributed by atoms with Crippen LogP contribution in [0.3, 0.4) is 0 Å². The van der Waals surface area contributed by atoms with E-state index in [0.717, 1.165) is 92.3 Å². The molecule has 73 heavy (non-hydrogen) atoms. The fourth-order valence-corrected chi connectivity index (χ4v) is 10.9. The lowest BCUT2D eigenvalue weighted by atomic mass is 9.91. The number of thiazole rings is 2. The molecule has 3 amide bonds. The van der Waals surface area contributed by atoms with Gasteiger partial charge < -0.3 is 31.7 Å². The van der Waals surface area contributed by atoms with E-state index in [-0.39, 0.29) is 66.5 Å². The van der Waals surface area contributed by atoms with E-state index in [0.29, 0.717) is 37.9 Å². The number of fused-ring (bicyclic) bond motifs is 2. The van der Waals surface area contributed by atoms with E-state index >= 15 is 0 Å². The summed E-state index contributed by atoms with van der Waals surface area (Å²) in [4.78, 5) is 63.9. The van der Waals surface area contributed by atoms with Gasteiger partial charge in [-0.15, -0.1) is 47.5 Å². The highest BCUT2D eigenvalue weighted by molar-refractivity contribution is 7.14. The van der Waals surface area contributed by atoms with Crippen molar-refractivity contribution in [2.45, 2.75) is 115 Å². The molecule has 6 aromatic rings. The van der Waals surface area contributed by atoms with Gasteiger partial charge in [0.2, 0.25) is 11.9 Å². The summed E-state index contributed by atoms with van der Waals surface area (Å²) in [6, 6.07) is 16.9. The van der Waals surface area contributed by atoms with E-state index in [1.807, 2.05) is 24.3 Å². The Kier molecular flexibility index (Phi) is 18.4. The van der Waals surface area contributed by atoms with Crippen LogP contribution >= 0.6 is 70.7 Å². The average Bonchev–Trinajstić information content (AvgIpc) is 4.18. The zero-order valence-electron chi connectivity index (χ0n) is 40.2. The Balaban J connectivity index is 0.000000212. The third kappa shape index (κ3) is 14.0. The number of rotatable bonds is 11. The molecule has 2 fully saturated rings. The van der Waals surface area contributed by atoms with Gasteiger partial charge >= 0.3 is 6.09 Å². The largest absolute Gasteiger partial charge is 0.444 e. The van der Waals surface area contributed by atoms with Crippen molar-refractivity contribution in [3.8, 4) is 0 Å². The molecule has 0 aliphatic heterocycles. The molecule has 2 aromatic carbocycles. The SMILES string of the molecule is CC(C)(C)OC(=O)Nc1nc(C(=O)N[C@H]2CCC[C@@H](Nc3ncc(Cl)c(C4=CCc5ccccc54)n3)C2)cs1.Cl.Cl.Nc1nc(C(=O)N[C@H]2CCC[C@@H](Nc3ncc(Cl)c(C4=CCc5ccccc54)n3)C2)cs1. The molecule has 7 N–H and O–H groups in total. The normalized spacial score (nSPS) is 18.6. The van der Waals surface area contributed by atoms with Crippen LogP contribution in [0.5, 0.6) is 0 Å². The number of nitrogens with one attached hydrogen (secondary N) is 5. The minimum Gasteiger partial charge on any atom is -0.444 e. The van der Waals surface area contributed by atoms with Crippen molar-refractivity contribution in [1.29, 1.82) is 0 Å². The third-order valence-corrected chi connectivity index (χ3v) is 14.4. The van der Waals surface area contributed by atoms with Gasteiger partial charge in [0.15, 0.2) is 10.3 Å². The molecular weight excluding hydrogens is 1050 g/mol. The Hall–Kier alpha value is -5.89. The van der Waals surface area contributed by atoms with Crippen LogP contribution in [0.25, 0.3) is 11.1 Å². The van der Waals surface area contributed by atoms with Crippen LogP contribution in [0.15, 0.2) is 83.8 Å². The number of hydrogen-bond donors (Lipinski definition) is 6. The molecule has 0 bridgehead atoms. The summed E-state index contributed by atoms with van der Waals surface area (Å²) in [6.45, 7) is 5.34. The smallest absolute Gasteiger partial charge is 0.413 e. The van der Waals surface area contributed by atoms with Crippen LogP contribution in [0.1, 0.15) is 127 Å². The van der Waals surface area contributed by atoms with Crippen LogP contribution in [0.4, 0.5) is 27.0 Å². The molecule has 384 valence electrons. The lowest BCUT2D eigenvalue weighted by molar-refractivity contribution is 0.0635. The first-order valence-corrected chi connectivity index (χ1v) is 26.2. The number of amides is 3. The Labute approximate surface area is 454 Å². The predicted molar refractivity (Wildman–Crippen MR) is 296 cm³/mol. The van der Waals surface area contributed by atoms with Crippen molar-refractivity contribution in [2.75, 3.05) is 21.7 Å².